The van der Waals surface area contributed by atoms with Crippen molar-refractivity contribution >= 4 is 11.8 Å². The molecule has 1 saturated heterocycles. The second-order valence-electron chi connectivity index (χ2n) is 6.73. The number of likely N-dealkylation sites (tertiary alicyclic amines) is 1. The van der Waals surface area contributed by atoms with Gasteiger partial charge in [-0.25, -0.2) is 0 Å². The number of nitrogens with one attached hydrogen (secondary N) is 1. The minimum Gasteiger partial charge on any atom is -0.497 e. The minimum atomic E-state index is -0.333. The Hall–Kier alpha value is -3.22. The highest BCUT2D eigenvalue weighted by Gasteiger charge is 2.32. The fourth-order valence-electron chi connectivity index (χ4n) is 3.47. The van der Waals surface area contributed by atoms with Gasteiger partial charge < -0.3 is 24.4 Å². The molecular formula is C22H26N2O5. The Balaban J connectivity index is 1.57. The third-order valence-corrected chi connectivity index (χ3v) is 4.92. The maximum atomic E-state index is 12.7. The lowest BCUT2D eigenvalue weighted by Crippen LogP contribution is -2.41. The van der Waals surface area contributed by atoms with Crippen LogP contribution in [0.1, 0.15) is 24.4 Å². The average molecular weight is 398 g/mol. The Labute approximate surface area is 170 Å². The molecule has 0 saturated carbocycles. The second-order valence-corrected chi connectivity index (χ2v) is 6.73. The monoisotopic (exact) mass is 398 g/mol. The molecule has 0 bridgehead atoms. The zero-order valence-corrected chi connectivity index (χ0v) is 16.7. The van der Waals surface area contributed by atoms with Gasteiger partial charge in [0.2, 0.25) is 5.91 Å². The van der Waals surface area contributed by atoms with Gasteiger partial charge >= 0.3 is 0 Å². The third kappa shape index (κ3) is 5.19. The van der Waals surface area contributed by atoms with E-state index in [0.29, 0.717) is 23.8 Å². The van der Waals surface area contributed by atoms with Crippen molar-refractivity contribution < 1.29 is 23.8 Å². The molecule has 2 aromatic rings. The molecule has 1 aliphatic rings. The van der Waals surface area contributed by atoms with Crippen molar-refractivity contribution in [3.05, 3.63) is 54.1 Å². The van der Waals surface area contributed by atoms with Crippen LogP contribution in [0.5, 0.6) is 17.2 Å². The highest BCUT2D eigenvalue weighted by molar-refractivity contribution is 5.85. The van der Waals surface area contributed by atoms with Crippen molar-refractivity contribution in [2.75, 3.05) is 33.9 Å². The fraction of sp³-hybridized carbons (Fsp3) is 0.364. The summed E-state index contributed by atoms with van der Waals surface area (Å²) in [6.45, 7) is 0.452. The van der Waals surface area contributed by atoms with Crippen LogP contribution in [0.2, 0.25) is 0 Å². The number of hydrogen-bond donors (Lipinski definition) is 1. The topological polar surface area (TPSA) is 77.1 Å². The van der Waals surface area contributed by atoms with Crippen molar-refractivity contribution in [2.45, 2.75) is 18.9 Å². The Kier molecular flexibility index (Phi) is 6.94. The fourth-order valence-corrected chi connectivity index (χ4v) is 3.47. The van der Waals surface area contributed by atoms with Crippen molar-refractivity contribution in [3.8, 4) is 17.2 Å². The number of para-hydroxylation sites is 1. The molecule has 1 fully saturated rings. The first-order valence-electron chi connectivity index (χ1n) is 9.58. The van der Waals surface area contributed by atoms with Gasteiger partial charge in [-0.1, -0.05) is 18.2 Å². The van der Waals surface area contributed by atoms with Crippen LogP contribution in [0.25, 0.3) is 0 Å². The normalized spacial score (nSPS) is 15.7. The Bertz CT molecular complexity index is 840. The van der Waals surface area contributed by atoms with Crippen molar-refractivity contribution in [2.24, 2.45) is 0 Å². The van der Waals surface area contributed by atoms with Crippen LogP contribution in [0, 0.1) is 0 Å². The summed E-state index contributed by atoms with van der Waals surface area (Å²) in [5.74, 6) is 1.54. The van der Waals surface area contributed by atoms with E-state index in [0.717, 1.165) is 18.4 Å². The third-order valence-electron chi connectivity index (χ3n) is 4.92. The van der Waals surface area contributed by atoms with E-state index in [1.165, 1.54) is 0 Å². The van der Waals surface area contributed by atoms with E-state index in [4.69, 9.17) is 14.2 Å². The van der Waals surface area contributed by atoms with Crippen LogP contribution in [-0.2, 0) is 9.59 Å². The molecule has 1 aliphatic heterocycles. The number of methoxy groups -OCH3 is 2. The highest BCUT2D eigenvalue weighted by atomic mass is 16.5. The van der Waals surface area contributed by atoms with Crippen molar-refractivity contribution in [1.29, 1.82) is 0 Å². The van der Waals surface area contributed by atoms with Gasteiger partial charge in [-0.15, -0.1) is 0 Å². The van der Waals surface area contributed by atoms with E-state index in [1.54, 1.807) is 31.3 Å². The Morgan fingerprint density at radius 3 is 2.59 bits per heavy atom. The predicted octanol–water partition coefficient (Wildman–Crippen LogP) is 2.56. The first kappa shape index (κ1) is 20.5. The van der Waals surface area contributed by atoms with Crippen LogP contribution in [-0.4, -0.2) is 50.6 Å². The maximum Gasteiger partial charge on any atom is 0.258 e. The Morgan fingerprint density at radius 2 is 1.86 bits per heavy atom. The van der Waals surface area contributed by atoms with E-state index < -0.39 is 0 Å². The molecule has 29 heavy (non-hydrogen) atoms. The van der Waals surface area contributed by atoms with Gasteiger partial charge in [-0.3, -0.25) is 9.59 Å². The summed E-state index contributed by atoms with van der Waals surface area (Å²) < 4.78 is 16.1. The summed E-state index contributed by atoms with van der Waals surface area (Å²) >= 11 is 0. The van der Waals surface area contributed by atoms with Crippen molar-refractivity contribution in [1.82, 2.24) is 10.2 Å². The maximum absolute atomic E-state index is 12.7. The molecule has 0 spiro atoms. The number of carbonyl (C=O) groups is 2. The van der Waals surface area contributed by atoms with Crippen LogP contribution >= 0.6 is 0 Å². The molecule has 0 aliphatic carbocycles. The molecule has 1 unspecified atom stereocenters. The van der Waals surface area contributed by atoms with E-state index in [1.807, 2.05) is 36.4 Å². The standard InChI is InChI=1S/C22H26N2O5/c1-27-17-10-11-18(20(13-17)28-2)19-9-6-12-24(19)22(26)14-23-21(25)15-29-16-7-4-3-5-8-16/h3-5,7-8,10-11,13,19H,6,9,12,14-15H2,1-2H3,(H,23,25). The summed E-state index contributed by atoms with van der Waals surface area (Å²) in [5, 5.41) is 2.64. The molecular weight excluding hydrogens is 372 g/mol. The molecule has 154 valence electrons. The SMILES string of the molecule is COc1ccc(C2CCCN2C(=O)CNC(=O)COc2ccccc2)c(OC)c1. The van der Waals surface area contributed by atoms with Crippen LogP contribution < -0.4 is 19.5 Å². The summed E-state index contributed by atoms with van der Waals surface area (Å²) in [6, 6.07) is 14.6. The molecule has 0 radical (unpaired) electrons. The number of rotatable bonds is 8. The zero-order chi connectivity index (χ0) is 20.6. The lowest BCUT2D eigenvalue weighted by Gasteiger charge is -2.26. The van der Waals surface area contributed by atoms with Crippen molar-refractivity contribution in [3.63, 3.8) is 0 Å². The molecule has 7 heteroatoms. The first-order valence-corrected chi connectivity index (χ1v) is 9.58. The van der Waals surface area contributed by atoms with Gasteiger partial charge in [0.25, 0.3) is 5.91 Å². The molecule has 3 rings (SSSR count). The summed E-state index contributed by atoms with van der Waals surface area (Å²) in [6.07, 6.45) is 1.75. The lowest BCUT2D eigenvalue weighted by molar-refractivity contribution is -0.134. The number of ether oxygens (including phenoxy) is 3. The summed E-state index contributed by atoms with van der Waals surface area (Å²) in [7, 11) is 3.20. The predicted molar refractivity (Wildman–Crippen MR) is 108 cm³/mol. The number of nitrogens with zero attached hydrogens (tertiary/aromatic N) is 1. The van der Waals surface area contributed by atoms with Crippen LogP contribution in [0.4, 0.5) is 0 Å². The Morgan fingerprint density at radius 1 is 1.07 bits per heavy atom. The first-order chi connectivity index (χ1) is 14.1. The van der Waals surface area contributed by atoms with E-state index in [-0.39, 0.29) is 31.0 Å². The molecule has 0 aromatic heterocycles. The number of amides is 2. The molecule has 1 N–H and O–H groups in total. The molecule has 2 aromatic carbocycles. The van der Waals surface area contributed by atoms with Gasteiger partial charge in [-0.2, -0.15) is 0 Å². The number of benzene rings is 2. The van der Waals surface area contributed by atoms with Gasteiger partial charge in [0.05, 0.1) is 26.8 Å². The van der Waals surface area contributed by atoms with Gasteiger partial charge in [-0.05, 0) is 37.1 Å². The molecule has 1 atom stereocenters. The van der Waals surface area contributed by atoms with E-state index in [2.05, 4.69) is 5.32 Å². The number of carbonyl (C=O) groups excluding carboxylic acids is 2. The van der Waals surface area contributed by atoms with Crippen LogP contribution in [0.15, 0.2) is 48.5 Å². The zero-order valence-electron chi connectivity index (χ0n) is 16.7. The quantitative estimate of drug-likeness (QED) is 0.740. The minimum absolute atomic E-state index is 0.0635. The molecule has 1 heterocycles. The van der Waals surface area contributed by atoms with Gasteiger partial charge in [0, 0.05) is 18.2 Å². The smallest absolute Gasteiger partial charge is 0.258 e. The van der Waals surface area contributed by atoms with Gasteiger partial charge in [0.1, 0.15) is 17.2 Å². The van der Waals surface area contributed by atoms with E-state index in [9.17, 15) is 9.59 Å². The van der Waals surface area contributed by atoms with Gasteiger partial charge in [0.15, 0.2) is 6.61 Å². The molecule has 2 amide bonds. The van der Waals surface area contributed by atoms with E-state index >= 15 is 0 Å². The summed E-state index contributed by atoms with van der Waals surface area (Å²) in [4.78, 5) is 26.5. The number of hydrogen-bond acceptors (Lipinski definition) is 5. The second kappa shape index (κ2) is 9.82. The summed E-state index contributed by atoms with van der Waals surface area (Å²) in [5.41, 5.74) is 0.942. The lowest BCUT2D eigenvalue weighted by atomic mass is 10.0. The highest BCUT2D eigenvalue weighted by Crippen LogP contribution is 2.38. The van der Waals surface area contributed by atoms with Crippen LogP contribution in [0.3, 0.4) is 0 Å². The largest absolute Gasteiger partial charge is 0.497 e. The molecule has 7 nitrogen and oxygen atoms in total. The average Bonchev–Trinajstić information content (AvgIpc) is 3.26.